The van der Waals surface area contributed by atoms with Gasteiger partial charge in [-0.25, -0.2) is 9.97 Å². The fraction of sp³-hybridized carbons (Fsp3) is 0.200. The number of hydrogen-bond acceptors (Lipinski definition) is 5. The number of ether oxygens (including phenoxy) is 1. The van der Waals surface area contributed by atoms with Gasteiger partial charge in [0.05, 0.1) is 23.5 Å². The molecule has 0 aliphatic heterocycles. The van der Waals surface area contributed by atoms with E-state index in [9.17, 15) is 4.79 Å². The molecule has 166 valence electrons. The molecule has 0 bridgehead atoms. The van der Waals surface area contributed by atoms with Gasteiger partial charge in [0.25, 0.3) is 5.56 Å². The Morgan fingerprint density at radius 3 is 3.06 bits per heavy atom. The highest BCUT2D eigenvalue weighted by atomic mass is 16.5. The average Bonchev–Trinajstić information content (AvgIpc) is 3.45. The second-order valence-corrected chi connectivity index (χ2v) is 8.10. The van der Waals surface area contributed by atoms with Crippen molar-refractivity contribution in [3.63, 3.8) is 0 Å². The quantitative estimate of drug-likeness (QED) is 0.389. The molecule has 1 aliphatic rings. The van der Waals surface area contributed by atoms with Crippen molar-refractivity contribution in [1.29, 1.82) is 0 Å². The summed E-state index contributed by atoms with van der Waals surface area (Å²) in [5, 5.41) is 0.990. The van der Waals surface area contributed by atoms with Crippen LogP contribution in [-0.4, -0.2) is 43.3 Å². The summed E-state index contributed by atoms with van der Waals surface area (Å²) in [6, 6.07) is 5.78. The third-order valence-electron chi connectivity index (χ3n) is 5.71. The number of imidazole rings is 1. The van der Waals surface area contributed by atoms with Crippen molar-refractivity contribution in [3.05, 3.63) is 76.9 Å². The predicted molar refractivity (Wildman–Crippen MR) is 130 cm³/mol. The Kier molecular flexibility index (Phi) is 5.35. The highest BCUT2D eigenvalue weighted by molar-refractivity contribution is 5.93. The minimum absolute atomic E-state index is 0.200. The summed E-state index contributed by atoms with van der Waals surface area (Å²) < 4.78 is 6.05. The summed E-state index contributed by atoms with van der Waals surface area (Å²) in [5.74, 6) is 0.536. The van der Waals surface area contributed by atoms with Crippen molar-refractivity contribution >= 4 is 23.3 Å². The molecule has 0 amide bonds. The van der Waals surface area contributed by atoms with E-state index < -0.39 is 5.60 Å². The molecule has 4 aromatic rings. The van der Waals surface area contributed by atoms with Crippen LogP contribution in [0.2, 0.25) is 0 Å². The highest BCUT2D eigenvalue weighted by Gasteiger charge is 2.29. The zero-order valence-corrected chi connectivity index (χ0v) is 18.4. The van der Waals surface area contributed by atoms with E-state index in [-0.39, 0.29) is 5.56 Å². The molecular formula is C25H24N6O2. The number of pyridine rings is 2. The molecule has 8 nitrogen and oxygen atoms in total. The normalized spacial score (nSPS) is 18.0. The number of aliphatic imine (C=N–C) groups is 1. The van der Waals surface area contributed by atoms with Crippen molar-refractivity contribution in [1.82, 2.24) is 24.9 Å². The second-order valence-electron chi connectivity index (χ2n) is 8.10. The van der Waals surface area contributed by atoms with Gasteiger partial charge in [-0.3, -0.25) is 9.79 Å². The molecule has 4 aromatic heterocycles. The molecule has 5 rings (SSSR count). The summed E-state index contributed by atoms with van der Waals surface area (Å²) in [6.45, 7) is 4.35. The molecule has 33 heavy (non-hydrogen) atoms. The number of aromatic nitrogens is 5. The van der Waals surface area contributed by atoms with Crippen LogP contribution in [0.5, 0.6) is 0 Å². The average molecular weight is 441 g/mol. The number of H-pyrrole nitrogens is 3. The fourth-order valence-corrected chi connectivity index (χ4v) is 4.04. The number of rotatable bonds is 6. The Balaban J connectivity index is 1.44. The summed E-state index contributed by atoms with van der Waals surface area (Å²) in [4.78, 5) is 35.1. The van der Waals surface area contributed by atoms with Gasteiger partial charge in [0.1, 0.15) is 11.5 Å². The maximum absolute atomic E-state index is 12.7. The van der Waals surface area contributed by atoms with E-state index in [0.29, 0.717) is 24.4 Å². The van der Waals surface area contributed by atoms with Crippen LogP contribution in [0.25, 0.3) is 39.6 Å². The van der Waals surface area contributed by atoms with Crippen LogP contribution in [0.15, 0.2) is 64.9 Å². The first-order valence-corrected chi connectivity index (χ1v) is 10.8. The minimum atomic E-state index is -0.470. The molecule has 0 spiro atoms. The molecule has 1 atom stereocenters. The van der Waals surface area contributed by atoms with Crippen LogP contribution in [0.3, 0.4) is 0 Å². The van der Waals surface area contributed by atoms with Crippen LogP contribution in [0.4, 0.5) is 0 Å². The number of aromatic amines is 3. The Morgan fingerprint density at radius 1 is 1.27 bits per heavy atom. The number of nitrogens with one attached hydrogen (secondary N) is 3. The van der Waals surface area contributed by atoms with Gasteiger partial charge in [0.15, 0.2) is 0 Å². The first kappa shape index (κ1) is 20.8. The maximum Gasteiger partial charge on any atom is 0.259 e. The van der Waals surface area contributed by atoms with Crippen LogP contribution >= 0.6 is 0 Å². The highest BCUT2D eigenvalue weighted by Crippen LogP contribution is 2.31. The lowest BCUT2D eigenvalue weighted by Crippen LogP contribution is -2.31. The Morgan fingerprint density at radius 2 is 2.18 bits per heavy atom. The molecule has 1 aliphatic carbocycles. The first-order chi connectivity index (χ1) is 16.1. The zero-order valence-electron chi connectivity index (χ0n) is 18.4. The zero-order chi connectivity index (χ0) is 22.8. The van der Waals surface area contributed by atoms with Gasteiger partial charge in [-0.1, -0.05) is 6.08 Å². The van der Waals surface area contributed by atoms with Gasteiger partial charge >= 0.3 is 0 Å². The minimum Gasteiger partial charge on any atom is -0.367 e. The molecule has 0 saturated heterocycles. The van der Waals surface area contributed by atoms with Crippen molar-refractivity contribution in [2.24, 2.45) is 4.99 Å². The van der Waals surface area contributed by atoms with Crippen molar-refractivity contribution in [2.75, 3.05) is 6.61 Å². The molecule has 0 fully saturated rings. The molecular weight excluding hydrogens is 416 g/mol. The van der Waals surface area contributed by atoms with Gasteiger partial charge < -0.3 is 19.7 Å². The molecule has 0 aromatic carbocycles. The number of nitrogens with zero attached hydrogens (tertiary/aromatic N) is 3. The molecule has 1 unspecified atom stereocenters. The first-order valence-electron chi connectivity index (χ1n) is 10.8. The van der Waals surface area contributed by atoms with E-state index in [4.69, 9.17) is 4.74 Å². The lowest BCUT2D eigenvalue weighted by atomic mass is 9.93. The van der Waals surface area contributed by atoms with Crippen molar-refractivity contribution < 1.29 is 4.74 Å². The lowest BCUT2D eigenvalue weighted by molar-refractivity contribution is 0.0229. The Hall–Kier alpha value is -4.04. The maximum atomic E-state index is 12.7. The number of hydrogen-bond donors (Lipinski definition) is 3. The van der Waals surface area contributed by atoms with E-state index in [0.717, 1.165) is 33.5 Å². The SMILES string of the molecule is CC=N/C=C\COC1(C)C=Cc2nc(-c3cc(-c4ccnc5[nH]ccc45)c[nH]c3=O)[nH]c2C1. The van der Waals surface area contributed by atoms with Crippen LogP contribution < -0.4 is 5.56 Å². The topological polar surface area (TPSA) is 112 Å². The summed E-state index contributed by atoms with van der Waals surface area (Å²) >= 11 is 0. The van der Waals surface area contributed by atoms with Gasteiger partial charge in [0.2, 0.25) is 0 Å². The number of fused-ring (bicyclic) bond motifs is 2. The summed E-state index contributed by atoms with van der Waals surface area (Å²) in [5.41, 5.74) is 4.24. The second kappa shape index (κ2) is 8.48. The van der Waals surface area contributed by atoms with Gasteiger partial charge in [-0.05, 0) is 55.3 Å². The van der Waals surface area contributed by atoms with Gasteiger partial charge in [0, 0.05) is 48.5 Å². The fourth-order valence-electron chi connectivity index (χ4n) is 4.04. The lowest BCUT2D eigenvalue weighted by Gasteiger charge is -2.28. The standard InChI is InChI=1S/C25H24N6O2/c1-3-26-9-4-12-33-25(2)8-5-20-21(14-25)31-23(30-20)19-13-16(15-29-24(19)32)17-6-10-27-22-18(17)7-11-28-22/h3-11,13,15H,12,14H2,1-2H3,(H,27,28)(H,29,32)(H,30,31)/b9-4-,26-3?. The molecule has 8 heteroatoms. The van der Waals surface area contributed by atoms with Crippen molar-refractivity contribution in [2.45, 2.75) is 25.9 Å². The Bertz CT molecular complexity index is 1460. The van der Waals surface area contributed by atoms with E-state index in [1.165, 1.54) is 0 Å². The third-order valence-corrected chi connectivity index (χ3v) is 5.71. The Labute approximate surface area is 190 Å². The van der Waals surface area contributed by atoms with Crippen molar-refractivity contribution in [3.8, 4) is 22.5 Å². The monoisotopic (exact) mass is 440 g/mol. The molecule has 4 heterocycles. The van der Waals surface area contributed by atoms with Crippen LogP contribution in [0.1, 0.15) is 25.2 Å². The molecule has 0 saturated carbocycles. The van der Waals surface area contributed by atoms with E-state index in [1.54, 1.807) is 24.8 Å². The predicted octanol–water partition coefficient (Wildman–Crippen LogP) is 4.26. The van der Waals surface area contributed by atoms with Crippen LogP contribution in [-0.2, 0) is 11.2 Å². The van der Waals surface area contributed by atoms with Gasteiger partial charge in [-0.2, -0.15) is 0 Å². The summed E-state index contributed by atoms with van der Waals surface area (Å²) in [6.07, 6.45) is 15.2. The molecule has 0 radical (unpaired) electrons. The van der Waals surface area contributed by atoms with E-state index in [2.05, 4.69) is 29.9 Å². The third kappa shape index (κ3) is 4.08. The largest absolute Gasteiger partial charge is 0.367 e. The van der Waals surface area contributed by atoms with Gasteiger partial charge in [-0.15, -0.1) is 0 Å². The summed E-state index contributed by atoms with van der Waals surface area (Å²) in [7, 11) is 0. The smallest absolute Gasteiger partial charge is 0.259 e. The van der Waals surface area contributed by atoms with Crippen LogP contribution in [0, 0.1) is 0 Å². The molecule has 3 N–H and O–H groups in total. The van der Waals surface area contributed by atoms with E-state index >= 15 is 0 Å². The van der Waals surface area contributed by atoms with E-state index in [1.807, 2.05) is 56.5 Å².